The number of non-ortho nitro benzene ring substituents is 2. The minimum Gasteiger partial charge on any atom is -0.459 e. The number of unbranched alkanes of at least 4 members (excludes halogenated alkanes) is 2. The number of nitro benzene ring substituents is 2. The van der Waals surface area contributed by atoms with Gasteiger partial charge >= 0.3 is 0 Å². The average molecular weight is 911 g/mol. The van der Waals surface area contributed by atoms with Gasteiger partial charge in [0, 0.05) is 61.9 Å². The number of aliphatic hydroxyl groups excluding tert-OH is 2. The Morgan fingerprint density at radius 1 is 0.866 bits per heavy atom. The summed E-state index contributed by atoms with van der Waals surface area (Å²) in [5.74, 6) is -1.61. The Balaban J connectivity index is 1.30. The Kier molecular flexibility index (Phi) is 14.4. The molecular formula is C52H54N4O11. The standard InChI is InChI=1S/C52H54N4O11/c1-3-27-64-52-48(54(2)51(59)38-20-19-35-11-4-5-12-36(35)28-38)32-46(53-65-33-34-17-21-39(22-18-34)55(60)61)44-29-37(13-6-8-25-57)43(16-7-9-26-58)49(50(44)52)45-31-42(23-24-47(45)67-52)66-41-15-10-14-40(30-41)56(62)63/h3-5,10-12,14-15,17-24,28-31,37,43,48-50,57-58H,1,6-9,13,16,25-27,32-33H2,2H3/t37-,43+,48-,49+,50+,52+/m0/s1. The van der Waals surface area contributed by atoms with Crippen LogP contribution >= 0.6 is 0 Å². The maximum atomic E-state index is 14.9. The maximum Gasteiger partial charge on any atom is 0.273 e. The molecule has 2 N–H and O–H groups in total. The number of ether oxygens (including phenoxy) is 3. The molecule has 5 aromatic rings. The van der Waals surface area contributed by atoms with Gasteiger partial charge in [-0.25, -0.2) is 0 Å². The van der Waals surface area contributed by atoms with E-state index in [4.69, 9.17) is 24.2 Å². The van der Waals surface area contributed by atoms with Crippen LogP contribution in [-0.2, 0) is 16.2 Å². The van der Waals surface area contributed by atoms with Gasteiger partial charge in [0.25, 0.3) is 17.3 Å². The molecule has 15 nitrogen and oxygen atoms in total. The first kappa shape index (κ1) is 46.6. The molecule has 0 radical (unpaired) electrons. The molecule has 0 bridgehead atoms. The van der Waals surface area contributed by atoms with Gasteiger partial charge in [0.1, 0.15) is 29.9 Å². The van der Waals surface area contributed by atoms with E-state index in [1.54, 1.807) is 48.4 Å². The van der Waals surface area contributed by atoms with E-state index in [-0.39, 0.29) is 73.6 Å². The van der Waals surface area contributed by atoms with E-state index in [2.05, 4.69) is 12.7 Å². The van der Waals surface area contributed by atoms with Crippen LogP contribution < -0.4 is 9.47 Å². The highest BCUT2D eigenvalue weighted by Crippen LogP contribution is 2.62. The fourth-order valence-electron chi connectivity index (χ4n) is 10.2. The van der Waals surface area contributed by atoms with E-state index in [1.807, 2.05) is 54.6 Å². The smallest absolute Gasteiger partial charge is 0.273 e. The highest BCUT2D eigenvalue weighted by atomic mass is 16.7. The van der Waals surface area contributed by atoms with Crippen molar-refractivity contribution in [3.05, 3.63) is 170 Å². The Bertz CT molecular complexity index is 2690. The highest BCUT2D eigenvalue weighted by Gasteiger charge is 2.65. The van der Waals surface area contributed by atoms with Crippen molar-refractivity contribution >= 4 is 33.8 Å². The molecule has 3 aliphatic rings. The van der Waals surface area contributed by atoms with E-state index >= 15 is 0 Å². The summed E-state index contributed by atoms with van der Waals surface area (Å²) in [6.07, 6.45) is 8.14. The molecule has 1 heterocycles. The second kappa shape index (κ2) is 20.7. The number of carbonyl (C=O) groups excluding carboxylic acids is 1. The van der Waals surface area contributed by atoms with Crippen molar-refractivity contribution in [2.24, 2.45) is 22.9 Å². The lowest BCUT2D eigenvalue weighted by atomic mass is 9.55. The molecule has 1 aliphatic heterocycles. The number of fused-ring (bicyclic) bond motifs is 3. The molecular weight excluding hydrogens is 857 g/mol. The largest absolute Gasteiger partial charge is 0.459 e. The number of amides is 1. The average Bonchev–Trinajstić information content (AvgIpc) is 3.34. The summed E-state index contributed by atoms with van der Waals surface area (Å²) in [7, 11) is 1.74. The Morgan fingerprint density at radius 3 is 2.33 bits per heavy atom. The lowest BCUT2D eigenvalue weighted by Gasteiger charge is -2.59. The second-order valence-corrected chi connectivity index (χ2v) is 17.3. The second-order valence-electron chi connectivity index (χ2n) is 17.3. The third-order valence-electron chi connectivity index (χ3n) is 13.2. The summed E-state index contributed by atoms with van der Waals surface area (Å²) in [6, 6.07) is 30.2. The lowest BCUT2D eigenvalue weighted by molar-refractivity contribution is -0.385. The molecule has 1 saturated carbocycles. The van der Waals surface area contributed by atoms with E-state index in [0.717, 1.165) is 34.8 Å². The van der Waals surface area contributed by atoms with Crippen LogP contribution in [0.15, 0.2) is 139 Å². The minimum absolute atomic E-state index is 0.0128. The number of hydrogen-bond acceptors (Lipinski definition) is 12. The van der Waals surface area contributed by atoms with Crippen LogP contribution in [0.4, 0.5) is 11.4 Å². The molecule has 6 atom stereocenters. The van der Waals surface area contributed by atoms with Gasteiger partial charge in [-0.3, -0.25) is 25.0 Å². The predicted molar refractivity (Wildman–Crippen MR) is 252 cm³/mol. The van der Waals surface area contributed by atoms with Crippen molar-refractivity contribution in [1.29, 1.82) is 0 Å². The molecule has 1 amide bonds. The molecule has 348 valence electrons. The van der Waals surface area contributed by atoms with E-state index in [9.17, 15) is 35.2 Å². The zero-order chi connectivity index (χ0) is 47.1. The zero-order valence-corrected chi connectivity index (χ0v) is 37.3. The molecule has 2 aliphatic carbocycles. The molecule has 15 heteroatoms. The van der Waals surface area contributed by atoms with Gasteiger partial charge in [-0.15, -0.1) is 6.58 Å². The SMILES string of the molecule is C=CCO[C@@]12Oc3ccc(Oc4cccc([N+](=O)[O-])c4)cc3[C@H]3[C@H](CCCCO)[C@@H](CCCCO)C=C(C(=NOCc4ccc([N+](=O)[O-])cc4)C[C@@H]1N(C)C(=O)c1ccc4ccccc4c1)[C@H]32. The summed E-state index contributed by atoms with van der Waals surface area (Å²) < 4.78 is 20.7. The molecule has 67 heavy (non-hydrogen) atoms. The third-order valence-corrected chi connectivity index (χ3v) is 13.2. The van der Waals surface area contributed by atoms with Crippen LogP contribution in [-0.4, -0.2) is 75.3 Å². The summed E-state index contributed by atoms with van der Waals surface area (Å²) in [5, 5.41) is 49.7. The Labute approximate surface area is 388 Å². The number of allylic oxidation sites excluding steroid dienone is 1. The van der Waals surface area contributed by atoms with Crippen LogP contribution in [0.3, 0.4) is 0 Å². The molecule has 1 fully saturated rings. The molecule has 8 rings (SSSR count). The summed E-state index contributed by atoms with van der Waals surface area (Å²) in [4.78, 5) is 44.9. The predicted octanol–water partition coefficient (Wildman–Crippen LogP) is 10.1. The quantitative estimate of drug-likeness (QED) is 0.0326. The first-order chi connectivity index (χ1) is 32.5. The summed E-state index contributed by atoms with van der Waals surface area (Å²) in [5.41, 5.74) is 3.20. The maximum absolute atomic E-state index is 14.9. The molecule has 0 spiro atoms. The number of aliphatic hydroxyl groups is 2. The number of oxime groups is 1. The molecule has 0 aromatic heterocycles. The topological polar surface area (TPSA) is 196 Å². The minimum atomic E-state index is -1.51. The number of likely N-dealkylation sites (N-methyl/N-ethyl adjacent to an activating group) is 1. The molecule has 0 unspecified atom stereocenters. The van der Waals surface area contributed by atoms with Gasteiger partial charge in [0.2, 0.25) is 5.79 Å². The van der Waals surface area contributed by atoms with Crippen LogP contribution in [0, 0.1) is 38.0 Å². The first-order valence-electron chi connectivity index (χ1n) is 22.7. The number of rotatable bonds is 20. The van der Waals surface area contributed by atoms with Crippen molar-refractivity contribution in [3.63, 3.8) is 0 Å². The van der Waals surface area contributed by atoms with E-state index < -0.39 is 27.6 Å². The van der Waals surface area contributed by atoms with Crippen molar-refractivity contribution in [3.8, 4) is 17.2 Å². The first-order valence-corrected chi connectivity index (χ1v) is 22.7. The fourth-order valence-corrected chi connectivity index (χ4v) is 10.2. The van der Waals surface area contributed by atoms with Gasteiger partial charge in [-0.1, -0.05) is 66.5 Å². The van der Waals surface area contributed by atoms with Crippen LogP contribution in [0.25, 0.3) is 10.8 Å². The van der Waals surface area contributed by atoms with Crippen LogP contribution in [0.5, 0.6) is 17.2 Å². The van der Waals surface area contributed by atoms with Crippen molar-refractivity contribution in [2.75, 3.05) is 26.9 Å². The number of benzene rings is 5. The summed E-state index contributed by atoms with van der Waals surface area (Å²) >= 11 is 0. The third kappa shape index (κ3) is 9.80. The van der Waals surface area contributed by atoms with Gasteiger partial charge in [0.05, 0.1) is 34.1 Å². The van der Waals surface area contributed by atoms with E-state index in [1.165, 1.54) is 24.3 Å². The normalized spacial score (nSPS) is 22.2. The lowest BCUT2D eigenvalue weighted by Crippen LogP contribution is -2.69. The monoisotopic (exact) mass is 910 g/mol. The molecule has 5 aromatic carbocycles. The van der Waals surface area contributed by atoms with Gasteiger partial charge in [-0.2, -0.15) is 0 Å². The number of hydrogen-bond donors (Lipinski definition) is 2. The zero-order valence-electron chi connectivity index (χ0n) is 37.3. The Hall–Kier alpha value is -6.94. The van der Waals surface area contributed by atoms with Crippen LogP contribution in [0.2, 0.25) is 0 Å². The Morgan fingerprint density at radius 2 is 1.60 bits per heavy atom. The van der Waals surface area contributed by atoms with Crippen molar-refractivity contribution in [2.45, 2.75) is 69.3 Å². The number of carbonyl (C=O) groups is 1. The number of nitrogens with zero attached hydrogens (tertiary/aromatic N) is 4. The van der Waals surface area contributed by atoms with E-state index in [0.29, 0.717) is 54.0 Å². The van der Waals surface area contributed by atoms with Crippen molar-refractivity contribution in [1.82, 2.24) is 4.90 Å². The molecule has 0 saturated heterocycles. The fraction of sp³-hybridized carbons (Fsp3) is 0.346. The van der Waals surface area contributed by atoms with Gasteiger partial charge in [0.15, 0.2) is 0 Å². The summed E-state index contributed by atoms with van der Waals surface area (Å²) in [6.45, 7) is 4.16. The van der Waals surface area contributed by atoms with Gasteiger partial charge < -0.3 is 34.2 Å². The highest BCUT2D eigenvalue weighted by molar-refractivity contribution is 6.04. The van der Waals surface area contributed by atoms with Crippen LogP contribution in [0.1, 0.15) is 72.3 Å². The van der Waals surface area contributed by atoms with Crippen molar-refractivity contribution < 1.29 is 43.9 Å². The van der Waals surface area contributed by atoms with Gasteiger partial charge in [-0.05, 0) is 108 Å². The number of nitro groups is 2.